The van der Waals surface area contributed by atoms with Crippen LogP contribution in [0.3, 0.4) is 0 Å². The summed E-state index contributed by atoms with van der Waals surface area (Å²) in [6.45, 7) is 0.969. The number of thioether (sulfide) groups is 1. The van der Waals surface area contributed by atoms with Gasteiger partial charge in [0.05, 0.1) is 5.52 Å². The van der Waals surface area contributed by atoms with Crippen LogP contribution in [0.15, 0.2) is 78.0 Å². The average molecular weight is 518 g/mol. The molecule has 0 aliphatic rings. The SMILES string of the molecule is O=C(CCCCSc1nnc2c3cc(F)ccc3n(Cc3ccc(F)cc3)c2n1)NCc1ccccc1. The number of halogens is 2. The van der Waals surface area contributed by atoms with E-state index in [0.29, 0.717) is 41.2 Å². The van der Waals surface area contributed by atoms with Gasteiger partial charge in [-0.3, -0.25) is 4.79 Å². The molecule has 1 amide bonds. The summed E-state index contributed by atoms with van der Waals surface area (Å²) in [5.74, 6) is 0.114. The zero-order chi connectivity index (χ0) is 25.6. The predicted molar refractivity (Wildman–Crippen MR) is 141 cm³/mol. The molecule has 0 spiro atoms. The number of carbonyl (C=O) groups is 1. The van der Waals surface area contributed by atoms with Crippen molar-refractivity contribution >= 4 is 39.7 Å². The lowest BCUT2D eigenvalue weighted by Gasteiger charge is -2.07. The molecule has 0 aliphatic carbocycles. The Balaban J connectivity index is 1.23. The third kappa shape index (κ3) is 6.11. The molecule has 5 rings (SSSR count). The first kappa shape index (κ1) is 24.8. The Kier molecular flexibility index (Phi) is 7.70. The number of unbranched alkanes of at least 4 members (excludes halogenated alkanes) is 1. The number of rotatable bonds is 10. The molecule has 6 nitrogen and oxygen atoms in total. The number of hydrogen-bond donors (Lipinski definition) is 1. The first-order chi connectivity index (χ1) is 18.1. The number of aromatic nitrogens is 4. The number of benzene rings is 3. The van der Waals surface area contributed by atoms with Crippen LogP contribution in [0.25, 0.3) is 22.1 Å². The zero-order valence-electron chi connectivity index (χ0n) is 20.0. The maximum atomic E-state index is 14.0. The number of amides is 1. The monoisotopic (exact) mass is 517 g/mol. The van der Waals surface area contributed by atoms with Crippen molar-refractivity contribution < 1.29 is 13.6 Å². The van der Waals surface area contributed by atoms with Gasteiger partial charge in [0.15, 0.2) is 5.65 Å². The molecule has 3 aromatic carbocycles. The zero-order valence-corrected chi connectivity index (χ0v) is 20.8. The van der Waals surface area contributed by atoms with Gasteiger partial charge in [-0.1, -0.05) is 54.2 Å². The molecule has 0 fully saturated rings. The second-order valence-electron chi connectivity index (χ2n) is 8.71. The molecule has 5 aromatic rings. The standard InChI is InChI=1S/C28H25F2N5OS/c29-21-11-9-20(10-12-21)18-35-24-14-13-22(30)16-23(24)26-27(35)32-28(34-33-26)37-15-5-4-8-25(36)31-17-19-6-2-1-3-7-19/h1-3,6-7,9-14,16H,4-5,8,15,17-18H2,(H,31,36). The number of nitrogens with zero attached hydrogens (tertiary/aromatic N) is 4. The molecule has 188 valence electrons. The maximum absolute atomic E-state index is 14.0. The van der Waals surface area contributed by atoms with Crippen molar-refractivity contribution in [2.75, 3.05) is 5.75 Å². The van der Waals surface area contributed by atoms with E-state index in [-0.39, 0.29) is 17.5 Å². The van der Waals surface area contributed by atoms with Crippen LogP contribution in [-0.4, -0.2) is 31.4 Å². The van der Waals surface area contributed by atoms with E-state index in [1.54, 1.807) is 18.2 Å². The second-order valence-corrected chi connectivity index (χ2v) is 9.77. The number of hydrogen-bond acceptors (Lipinski definition) is 5. The number of carbonyl (C=O) groups excluding carboxylic acids is 1. The first-order valence-electron chi connectivity index (χ1n) is 12.1. The van der Waals surface area contributed by atoms with Gasteiger partial charge >= 0.3 is 0 Å². The summed E-state index contributed by atoms with van der Waals surface area (Å²) in [7, 11) is 0. The van der Waals surface area contributed by atoms with Gasteiger partial charge in [0.1, 0.15) is 17.2 Å². The van der Waals surface area contributed by atoms with Crippen molar-refractivity contribution in [1.82, 2.24) is 25.1 Å². The van der Waals surface area contributed by atoms with E-state index in [1.165, 1.54) is 36.0 Å². The molecule has 0 saturated carbocycles. The fourth-order valence-electron chi connectivity index (χ4n) is 4.14. The second kappa shape index (κ2) is 11.5. The highest BCUT2D eigenvalue weighted by Gasteiger charge is 2.16. The summed E-state index contributed by atoms with van der Waals surface area (Å²) >= 11 is 1.47. The Labute approximate surface area is 217 Å². The highest BCUT2D eigenvalue weighted by molar-refractivity contribution is 7.99. The van der Waals surface area contributed by atoms with Crippen molar-refractivity contribution in [1.29, 1.82) is 0 Å². The van der Waals surface area contributed by atoms with Crippen LogP contribution < -0.4 is 5.32 Å². The fourth-order valence-corrected chi connectivity index (χ4v) is 4.92. The van der Waals surface area contributed by atoms with Crippen molar-refractivity contribution in [3.05, 3.63) is 95.6 Å². The third-order valence-electron chi connectivity index (χ3n) is 6.02. The molecule has 0 saturated heterocycles. The first-order valence-corrected chi connectivity index (χ1v) is 13.1. The Morgan fingerprint density at radius 2 is 1.68 bits per heavy atom. The maximum Gasteiger partial charge on any atom is 0.220 e. The van der Waals surface area contributed by atoms with Crippen LogP contribution in [0, 0.1) is 11.6 Å². The van der Waals surface area contributed by atoms with Gasteiger partial charge in [-0.15, -0.1) is 10.2 Å². The van der Waals surface area contributed by atoms with Crippen LogP contribution in [0.2, 0.25) is 0 Å². The van der Waals surface area contributed by atoms with Crippen LogP contribution in [-0.2, 0) is 17.9 Å². The van der Waals surface area contributed by atoms with Gasteiger partial charge in [0, 0.05) is 30.6 Å². The Morgan fingerprint density at radius 1 is 0.892 bits per heavy atom. The lowest BCUT2D eigenvalue weighted by atomic mass is 10.2. The normalized spacial score (nSPS) is 11.3. The van der Waals surface area contributed by atoms with Gasteiger partial charge in [0.2, 0.25) is 11.1 Å². The molecular weight excluding hydrogens is 492 g/mol. The molecule has 2 heterocycles. The highest BCUT2D eigenvalue weighted by atomic mass is 32.2. The predicted octanol–water partition coefficient (Wildman–Crippen LogP) is 5.88. The Hall–Kier alpha value is -3.85. The molecular formula is C28H25F2N5OS. The summed E-state index contributed by atoms with van der Waals surface area (Å²) in [6, 6.07) is 20.6. The van der Waals surface area contributed by atoms with Gasteiger partial charge in [-0.2, -0.15) is 0 Å². The molecule has 0 radical (unpaired) electrons. The van der Waals surface area contributed by atoms with Gasteiger partial charge in [-0.05, 0) is 54.3 Å². The van der Waals surface area contributed by atoms with Crippen molar-refractivity contribution in [3.8, 4) is 0 Å². The van der Waals surface area contributed by atoms with E-state index in [4.69, 9.17) is 4.98 Å². The van der Waals surface area contributed by atoms with E-state index in [9.17, 15) is 13.6 Å². The minimum absolute atomic E-state index is 0.0331. The van der Waals surface area contributed by atoms with E-state index >= 15 is 0 Å². The van der Waals surface area contributed by atoms with Crippen LogP contribution in [0.5, 0.6) is 0 Å². The molecule has 37 heavy (non-hydrogen) atoms. The molecule has 2 aromatic heterocycles. The molecule has 0 aliphatic heterocycles. The molecule has 1 N–H and O–H groups in total. The summed E-state index contributed by atoms with van der Waals surface area (Å²) < 4.78 is 29.3. The minimum Gasteiger partial charge on any atom is -0.352 e. The fraction of sp³-hybridized carbons (Fsp3) is 0.214. The highest BCUT2D eigenvalue weighted by Crippen LogP contribution is 2.29. The summed E-state index contributed by atoms with van der Waals surface area (Å²) in [4.78, 5) is 16.8. The number of fused-ring (bicyclic) bond motifs is 3. The van der Waals surface area contributed by atoms with Crippen molar-refractivity contribution in [2.45, 2.75) is 37.5 Å². The van der Waals surface area contributed by atoms with E-state index in [2.05, 4.69) is 15.5 Å². The third-order valence-corrected chi connectivity index (χ3v) is 6.95. The summed E-state index contributed by atoms with van der Waals surface area (Å²) in [5, 5.41) is 12.7. The smallest absolute Gasteiger partial charge is 0.220 e. The van der Waals surface area contributed by atoms with Crippen LogP contribution in [0.1, 0.15) is 30.4 Å². The molecule has 0 bridgehead atoms. The van der Waals surface area contributed by atoms with Crippen molar-refractivity contribution in [2.24, 2.45) is 0 Å². The summed E-state index contributed by atoms with van der Waals surface area (Å²) in [6.07, 6.45) is 2.05. The van der Waals surface area contributed by atoms with Crippen molar-refractivity contribution in [3.63, 3.8) is 0 Å². The molecule has 0 unspecified atom stereocenters. The molecule has 9 heteroatoms. The van der Waals surface area contributed by atoms with Crippen LogP contribution in [0.4, 0.5) is 8.78 Å². The topological polar surface area (TPSA) is 72.7 Å². The quantitative estimate of drug-likeness (QED) is 0.185. The lowest BCUT2D eigenvalue weighted by Crippen LogP contribution is -2.22. The minimum atomic E-state index is -0.360. The summed E-state index contributed by atoms with van der Waals surface area (Å²) in [5.41, 5.74) is 3.87. The van der Waals surface area contributed by atoms with E-state index in [0.717, 1.165) is 35.2 Å². The van der Waals surface area contributed by atoms with E-state index in [1.807, 2.05) is 34.9 Å². The van der Waals surface area contributed by atoms with E-state index < -0.39 is 0 Å². The lowest BCUT2D eigenvalue weighted by molar-refractivity contribution is -0.121. The molecule has 0 atom stereocenters. The van der Waals surface area contributed by atoms with Gasteiger partial charge < -0.3 is 9.88 Å². The number of nitrogens with one attached hydrogen (secondary N) is 1. The Morgan fingerprint density at radius 3 is 2.49 bits per heavy atom. The average Bonchev–Trinajstić information content (AvgIpc) is 3.21. The van der Waals surface area contributed by atoms with Crippen LogP contribution >= 0.6 is 11.8 Å². The van der Waals surface area contributed by atoms with Gasteiger partial charge in [0.25, 0.3) is 0 Å². The Bertz CT molecular complexity index is 1520. The largest absolute Gasteiger partial charge is 0.352 e. The van der Waals surface area contributed by atoms with Gasteiger partial charge in [-0.25, -0.2) is 13.8 Å².